The molecule has 2 amide bonds. The number of likely N-dealkylation sites (tertiary alicyclic amines) is 1. The van der Waals surface area contributed by atoms with Gasteiger partial charge in [0.25, 0.3) is 0 Å². The van der Waals surface area contributed by atoms with Crippen molar-refractivity contribution in [3.05, 3.63) is 18.0 Å². The third-order valence-electron chi connectivity index (χ3n) is 5.46. The highest BCUT2D eigenvalue weighted by Crippen LogP contribution is 2.21. The first kappa shape index (κ1) is 17.3. The summed E-state index contributed by atoms with van der Waals surface area (Å²) in [4.78, 5) is 19.4. The number of rotatable bonds is 5. The first-order chi connectivity index (χ1) is 11.7. The molecule has 0 spiro atoms. The van der Waals surface area contributed by atoms with E-state index in [0.717, 1.165) is 70.8 Å². The molecule has 0 aromatic carbocycles. The van der Waals surface area contributed by atoms with Gasteiger partial charge in [0.2, 0.25) is 0 Å². The fourth-order valence-corrected chi connectivity index (χ4v) is 3.87. The zero-order valence-corrected chi connectivity index (χ0v) is 15.2. The summed E-state index contributed by atoms with van der Waals surface area (Å²) in [6.07, 6.45) is 5.26. The SMILES string of the molecule is CCN(CC)CCC1CN(C(=O)N2CCCC2)Cc2ccnn2C1. The van der Waals surface area contributed by atoms with E-state index < -0.39 is 0 Å². The Kier molecular flexibility index (Phi) is 5.76. The Hall–Kier alpha value is -1.56. The molecule has 6 heteroatoms. The van der Waals surface area contributed by atoms with Crippen LogP contribution in [-0.2, 0) is 13.1 Å². The van der Waals surface area contributed by atoms with Crippen LogP contribution in [0.5, 0.6) is 0 Å². The van der Waals surface area contributed by atoms with Gasteiger partial charge >= 0.3 is 6.03 Å². The first-order valence-corrected chi connectivity index (χ1v) is 9.48. The average Bonchev–Trinajstić information content (AvgIpc) is 3.24. The highest BCUT2D eigenvalue weighted by atomic mass is 16.2. The minimum atomic E-state index is 0.218. The normalized spacial score (nSPS) is 21.2. The van der Waals surface area contributed by atoms with Crippen LogP contribution in [0.25, 0.3) is 0 Å². The molecule has 0 saturated carbocycles. The molecule has 0 N–H and O–H groups in total. The summed E-state index contributed by atoms with van der Waals surface area (Å²) >= 11 is 0. The number of hydrogen-bond donors (Lipinski definition) is 0. The van der Waals surface area contributed by atoms with Gasteiger partial charge in [-0.2, -0.15) is 5.10 Å². The molecule has 6 nitrogen and oxygen atoms in total. The van der Waals surface area contributed by atoms with Gasteiger partial charge in [0.15, 0.2) is 0 Å². The van der Waals surface area contributed by atoms with Gasteiger partial charge in [0.05, 0.1) is 12.2 Å². The smallest absolute Gasteiger partial charge is 0.320 e. The average molecular weight is 333 g/mol. The maximum absolute atomic E-state index is 12.9. The van der Waals surface area contributed by atoms with E-state index in [2.05, 4.69) is 39.5 Å². The second kappa shape index (κ2) is 8.01. The van der Waals surface area contributed by atoms with E-state index in [1.165, 1.54) is 0 Å². The van der Waals surface area contributed by atoms with Crippen LogP contribution in [0, 0.1) is 5.92 Å². The van der Waals surface area contributed by atoms with Gasteiger partial charge in [-0.3, -0.25) is 4.68 Å². The van der Waals surface area contributed by atoms with Crippen LogP contribution >= 0.6 is 0 Å². The van der Waals surface area contributed by atoms with Gasteiger partial charge in [0.1, 0.15) is 0 Å². The Labute approximate surface area is 145 Å². The van der Waals surface area contributed by atoms with Gasteiger partial charge in [0, 0.05) is 32.4 Å². The quantitative estimate of drug-likeness (QED) is 0.830. The highest BCUT2D eigenvalue weighted by molar-refractivity contribution is 5.74. The Morgan fingerprint density at radius 1 is 1.21 bits per heavy atom. The van der Waals surface area contributed by atoms with Crippen LogP contribution in [0.1, 0.15) is 38.8 Å². The van der Waals surface area contributed by atoms with Crippen molar-refractivity contribution in [2.24, 2.45) is 5.92 Å². The van der Waals surface area contributed by atoms with Crippen molar-refractivity contribution in [1.82, 2.24) is 24.5 Å². The lowest BCUT2D eigenvalue weighted by molar-refractivity contribution is 0.148. The molecule has 0 radical (unpaired) electrons. The largest absolute Gasteiger partial charge is 0.325 e. The standard InChI is InChI=1S/C18H31N5O/c1-3-20(4-2)12-8-16-13-22(18(24)21-10-5-6-11-21)15-17-7-9-19-23(17)14-16/h7,9,16H,3-6,8,10-15H2,1-2H3. The zero-order chi connectivity index (χ0) is 16.9. The van der Waals surface area contributed by atoms with Gasteiger partial charge in [-0.15, -0.1) is 0 Å². The van der Waals surface area contributed by atoms with Gasteiger partial charge in [-0.1, -0.05) is 13.8 Å². The zero-order valence-electron chi connectivity index (χ0n) is 15.2. The molecule has 1 unspecified atom stereocenters. The minimum absolute atomic E-state index is 0.218. The number of carbonyl (C=O) groups is 1. The third kappa shape index (κ3) is 3.91. The molecule has 134 valence electrons. The van der Waals surface area contributed by atoms with Crippen LogP contribution < -0.4 is 0 Å². The van der Waals surface area contributed by atoms with E-state index in [9.17, 15) is 4.79 Å². The summed E-state index contributed by atoms with van der Waals surface area (Å²) in [5, 5.41) is 4.48. The molecule has 2 aliphatic heterocycles. The molecule has 24 heavy (non-hydrogen) atoms. The molecular weight excluding hydrogens is 302 g/mol. The molecule has 2 aliphatic rings. The molecule has 1 atom stereocenters. The molecule has 1 aromatic heterocycles. The summed E-state index contributed by atoms with van der Waals surface area (Å²) in [5.74, 6) is 0.471. The van der Waals surface area contributed by atoms with E-state index >= 15 is 0 Å². The summed E-state index contributed by atoms with van der Waals surface area (Å²) in [5.41, 5.74) is 1.16. The summed E-state index contributed by atoms with van der Waals surface area (Å²) in [6, 6.07) is 2.27. The van der Waals surface area contributed by atoms with Gasteiger partial charge in [-0.25, -0.2) is 4.79 Å². The second-order valence-corrected chi connectivity index (χ2v) is 7.04. The Morgan fingerprint density at radius 3 is 2.67 bits per heavy atom. The number of aromatic nitrogens is 2. The Bertz CT molecular complexity index is 533. The second-order valence-electron chi connectivity index (χ2n) is 7.04. The fourth-order valence-electron chi connectivity index (χ4n) is 3.87. The van der Waals surface area contributed by atoms with Crippen molar-refractivity contribution in [2.45, 2.75) is 46.2 Å². The first-order valence-electron chi connectivity index (χ1n) is 9.48. The third-order valence-corrected chi connectivity index (χ3v) is 5.46. The number of nitrogens with zero attached hydrogens (tertiary/aromatic N) is 5. The summed E-state index contributed by atoms with van der Waals surface area (Å²) in [6.45, 7) is 12.0. The number of carbonyl (C=O) groups excluding carboxylic acids is 1. The van der Waals surface area contributed by atoms with E-state index in [1.807, 2.05) is 11.1 Å². The number of fused-ring (bicyclic) bond motifs is 1. The summed E-state index contributed by atoms with van der Waals surface area (Å²) in [7, 11) is 0. The minimum Gasteiger partial charge on any atom is -0.325 e. The van der Waals surface area contributed by atoms with Gasteiger partial charge in [-0.05, 0) is 50.9 Å². The molecule has 0 aliphatic carbocycles. The predicted molar refractivity (Wildman–Crippen MR) is 94.7 cm³/mol. The van der Waals surface area contributed by atoms with Crippen LogP contribution in [0.3, 0.4) is 0 Å². The van der Waals surface area contributed by atoms with Gasteiger partial charge < -0.3 is 14.7 Å². The van der Waals surface area contributed by atoms with Crippen LogP contribution in [0.2, 0.25) is 0 Å². The Balaban J connectivity index is 1.69. The Morgan fingerprint density at radius 2 is 1.96 bits per heavy atom. The molecular formula is C18H31N5O. The van der Waals surface area contributed by atoms with Crippen molar-refractivity contribution < 1.29 is 4.79 Å². The predicted octanol–water partition coefficient (Wildman–Crippen LogP) is 2.26. The summed E-state index contributed by atoms with van der Waals surface area (Å²) < 4.78 is 2.10. The van der Waals surface area contributed by atoms with E-state index in [1.54, 1.807) is 0 Å². The van der Waals surface area contributed by atoms with Crippen LogP contribution in [0.4, 0.5) is 4.79 Å². The molecule has 1 aromatic rings. The number of hydrogen-bond acceptors (Lipinski definition) is 3. The van der Waals surface area contributed by atoms with Crippen molar-refractivity contribution >= 4 is 6.03 Å². The van der Waals surface area contributed by atoms with Crippen LogP contribution in [0.15, 0.2) is 12.3 Å². The monoisotopic (exact) mass is 333 g/mol. The van der Waals surface area contributed by atoms with Crippen molar-refractivity contribution in [1.29, 1.82) is 0 Å². The van der Waals surface area contributed by atoms with E-state index in [-0.39, 0.29) is 6.03 Å². The van der Waals surface area contributed by atoms with Crippen LogP contribution in [-0.4, -0.2) is 69.8 Å². The number of amides is 2. The van der Waals surface area contributed by atoms with Crippen molar-refractivity contribution in [3.8, 4) is 0 Å². The topological polar surface area (TPSA) is 44.6 Å². The molecule has 1 fully saturated rings. The van der Waals surface area contributed by atoms with E-state index in [4.69, 9.17) is 0 Å². The number of urea groups is 1. The van der Waals surface area contributed by atoms with E-state index in [0.29, 0.717) is 12.5 Å². The molecule has 3 heterocycles. The lowest BCUT2D eigenvalue weighted by Gasteiger charge is -2.29. The lowest BCUT2D eigenvalue weighted by Crippen LogP contribution is -2.43. The highest BCUT2D eigenvalue weighted by Gasteiger charge is 2.29. The van der Waals surface area contributed by atoms with Crippen molar-refractivity contribution in [3.63, 3.8) is 0 Å². The maximum Gasteiger partial charge on any atom is 0.320 e. The van der Waals surface area contributed by atoms with Crippen molar-refractivity contribution in [2.75, 3.05) is 39.3 Å². The molecule has 0 bridgehead atoms. The maximum atomic E-state index is 12.9. The lowest BCUT2D eigenvalue weighted by atomic mass is 10.0. The molecule has 1 saturated heterocycles. The fraction of sp³-hybridized carbons (Fsp3) is 0.778. The molecule has 3 rings (SSSR count).